The van der Waals surface area contributed by atoms with Crippen LogP contribution in [0, 0.1) is 6.92 Å². The highest BCUT2D eigenvalue weighted by Gasteiger charge is 2.22. The third-order valence-corrected chi connectivity index (χ3v) is 5.35. The number of aryl methyl sites for hydroxylation is 1. The van der Waals surface area contributed by atoms with E-state index in [0.29, 0.717) is 17.1 Å². The molecular formula is C28H41N3OS. The molecule has 1 aromatic heterocycles. The molecule has 0 unspecified atom stereocenters. The Balaban J connectivity index is 0.00000512. The Bertz CT molecular complexity index is 1040. The van der Waals surface area contributed by atoms with Crippen LogP contribution in [-0.4, -0.2) is 20.1 Å². The van der Waals surface area contributed by atoms with E-state index in [4.69, 9.17) is 0 Å². The smallest absolute Gasteiger partial charge is 0.146 e. The summed E-state index contributed by atoms with van der Waals surface area (Å²) in [5.41, 5.74) is 4.67. The fourth-order valence-corrected chi connectivity index (χ4v) is 3.54. The molecule has 4 nitrogen and oxygen atoms in total. The molecule has 0 aliphatic carbocycles. The van der Waals surface area contributed by atoms with Crippen LogP contribution in [-0.2, 0) is 5.41 Å². The summed E-state index contributed by atoms with van der Waals surface area (Å²) in [4.78, 5) is 2.38. The Morgan fingerprint density at radius 2 is 1.76 bits per heavy atom. The third-order valence-electron chi connectivity index (χ3n) is 4.64. The van der Waals surface area contributed by atoms with Gasteiger partial charge in [0.1, 0.15) is 22.8 Å². The monoisotopic (exact) mass is 467 g/mol. The molecule has 2 rings (SSSR count). The minimum atomic E-state index is -0.199. The maximum Gasteiger partial charge on any atom is 0.146 e. The quantitative estimate of drug-likeness (QED) is 0.375. The molecule has 1 N–H and O–H groups in total. The van der Waals surface area contributed by atoms with Crippen molar-refractivity contribution >= 4 is 23.9 Å². The maximum absolute atomic E-state index is 10.9. The van der Waals surface area contributed by atoms with E-state index in [1.165, 1.54) is 16.6 Å². The minimum absolute atomic E-state index is 0. The maximum atomic E-state index is 10.9. The molecule has 0 spiro atoms. The number of rotatable bonds is 9. The molecule has 0 radical (unpaired) electrons. The van der Waals surface area contributed by atoms with Crippen LogP contribution < -0.4 is 0 Å². The molecule has 0 bridgehead atoms. The van der Waals surface area contributed by atoms with Gasteiger partial charge in [-0.2, -0.15) is 0 Å². The average Bonchev–Trinajstić information content (AvgIpc) is 3.10. The van der Waals surface area contributed by atoms with Gasteiger partial charge in [0.25, 0.3) is 0 Å². The van der Waals surface area contributed by atoms with E-state index in [2.05, 4.69) is 57.6 Å². The van der Waals surface area contributed by atoms with Crippen molar-refractivity contribution in [1.82, 2.24) is 15.0 Å². The second kappa shape index (κ2) is 13.0. The fraction of sp³-hybridized carbons (Fsp3) is 0.357. The number of hydrogen-bond donors (Lipinski definition) is 1. The lowest BCUT2D eigenvalue weighted by molar-refractivity contribution is 0.440. The van der Waals surface area contributed by atoms with E-state index in [-0.39, 0.29) is 26.0 Å². The molecule has 0 fully saturated rings. The Morgan fingerprint density at radius 3 is 2.33 bits per heavy atom. The van der Waals surface area contributed by atoms with E-state index >= 15 is 0 Å². The summed E-state index contributed by atoms with van der Waals surface area (Å²) < 4.78 is 0. The predicted molar refractivity (Wildman–Crippen MR) is 149 cm³/mol. The number of aromatic nitrogens is 3. The standard InChI is InChI=1S/C26H33N3OS.2CH4/c1-9-11-18(3)12-13-20(5)31-15-14-23-22(10-2)27-29(28-23)24-17-19(4)16-21(25(24)30)26(6,7)8;;/h10,12-17,30H,2-3,5,9,11H2,1,4,6-8H3;2*1H4/b13-12-,15-14+;;. The van der Waals surface area contributed by atoms with Gasteiger partial charge in [0.15, 0.2) is 0 Å². The zero-order chi connectivity index (χ0) is 23.2. The first-order valence-electron chi connectivity index (χ1n) is 10.4. The Hall–Kier alpha value is -2.79. The zero-order valence-electron chi connectivity index (χ0n) is 19.3. The first-order chi connectivity index (χ1) is 14.6. The number of hydrogen-bond acceptors (Lipinski definition) is 4. The number of allylic oxidation sites excluding steroid dienone is 3. The van der Waals surface area contributed by atoms with Crippen molar-refractivity contribution in [2.24, 2.45) is 0 Å². The van der Waals surface area contributed by atoms with Gasteiger partial charge < -0.3 is 5.11 Å². The summed E-state index contributed by atoms with van der Waals surface area (Å²) in [6, 6.07) is 3.89. The van der Waals surface area contributed by atoms with Gasteiger partial charge in [-0.1, -0.05) is 98.2 Å². The second-order valence-corrected chi connectivity index (χ2v) is 9.56. The van der Waals surface area contributed by atoms with Crippen LogP contribution in [0.3, 0.4) is 0 Å². The normalized spacial score (nSPS) is 11.3. The van der Waals surface area contributed by atoms with Crippen molar-refractivity contribution in [3.8, 4) is 11.4 Å². The van der Waals surface area contributed by atoms with E-state index in [1.807, 2.05) is 42.7 Å². The van der Waals surface area contributed by atoms with Crippen LogP contribution in [0.5, 0.6) is 5.75 Å². The minimum Gasteiger partial charge on any atom is -0.505 e. The van der Waals surface area contributed by atoms with Crippen molar-refractivity contribution in [1.29, 1.82) is 0 Å². The number of phenolic OH excluding ortho intramolecular Hbond substituents is 1. The zero-order valence-corrected chi connectivity index (χ0v) is 20.1. The molecule has 0 amide bonds. The molecule has 1 heterocycles. The van der Waals surface area contributed by atoms with E-state index < -0.39 is 0 Å². The lowest BCUT2D eigenvalue weighted by atomic mass is 9.85. The first kappa shape index (κ1) is 30.2. The van der Waals surface area contributed by atoms with E-state index in [0.717, 1.165) is 34.4 Å². The predicted octanol–water partition coefficient (Wildman–Crippen LogP) is 8.62. The topological polar surface area (TPSA) is 50.9 Å². The molecule has 0 aliphatic rings. The van der Waals surface area contributed by atoms with Crippen molar-refractivity contribution < 1.29 is 5.11 Å². The highest BCUT2D eigenvalue weighted by Crippen LogP contribution is 2.36. The van der Waals surface area contributed by atoms with Gasteiger partial charge in [0, 0.05) is 10.5 Å². The lowest BCUT2D eigenvalue weighted by Crippen LogP contribution is -2.13. The Labute approximate surface area is 205 Å². The first-order valence-corrected chi connectivity index (χ1v) is 11.3. The van der Waals surface area contributed by atoms with Gasteiger partial charge in [0.2, 0.25) is 0 Å². The fourth-order valence-electron chi connectivity index (χ4n) is 3.03. The van der Waals surface area contributed by atoms with Crippen LogP contribution >= 0.6 is 11.8 Å². The number of aromatic hydroxyl groups is 1. The number of phenols is 1. The summed E-state index contributed by atoms with van der Waals surface area (Å²) in [5.74, 6) is 0.194. The molecule has 1 aromatic carbocycles. The van der Waals surface area contributed by atoms with Crippen molar-refractivity contribution in [2.75, 3.05) is 0 Å². The molecule has 0 aliphatic heterocycles. The summed E-state index contributed by atoms with van der Waals surface area (Å²) in [6.07, 6.45) is 9.58. The Kier molecular flexibility index (Phi) is 11.9. The van der Waals surface area contributed by atoms with Crippen LogP contribution in [0.2, 0.25) is 0 Å². The molecule has 2 aromatic rings. The van der Waals surface area contributed by atoms with E-state index in [9.17, 15) is 5.11 Å². The number of benzene rings is 1. The van der Waals surface area contributed by atoms with Gasteiger partial charge in [0.05, 0.1) is 0 Å². The van der Waals surface area contributed by atoms with Gasteiger partial charge in [-0.3, -0.25) is 0 Å². The van der Waals surface area contributed by atoms with E-state index in [1.54, 1.807) is 6.08 Å². The second-order valence-electron chi connectivity index (χ2n) is 8.52. The highest BCUT2D eigenvalue weighted by atomic mass is 32.2. The molecule has 0 saturated carbocycles. The molecule has 0 saturated heterocycles. The lowest BCUT2D eigenvalue weighted by Gasteiger charge is -2.22. The van der Waals surface area contributed by atoms with Gasteiger partial charge in [-0.25, -0.2) is 0 Å². The van der Waals surface area contributed by atoms with Crippen molar-refractivity contribution in [2.45, 2.75) is 67.7 Å². The van der Waals surface area contributed by atoms with Crippen LogP contribution in [0.1, 0.15) is 77.9 Å². The van der Waals surface area contributed by atoms with Crippen LogP contribution in [0.15, 0.2) is 59.9 Å². The highest BCUT2D eigenvalue weighted by molar-refractivity contribution is 8.06. The summed E-state index contributed by atoms with van der Waals surface area (Å²) in [5, 5.41) is 21.9. The SMILES string of the molecule is C.C.C=Cc1nn(-c2cc(C)cc(C(C)(C)C)c2O)nc1/C=C/SC(=C)/C=C\C(=C)CCC. The largest absolute Gasteiger partial charge is 0.505 e. The van der Waals surface area contributed by atoms with Crippen LogP contribution in [0.25, 0.3) is 17.8 Å². The molecular weight excluding hydrogens is 426 g/mol. The van der Waals surface area contributed by atoms with Crippen molar-refractivity contribution in [3.63, 3.8) is 0 Å². The molecule has 33 heavy (non-hydrogen) atoms. The average molecular weight is 468 g/mol. The number of thioether (sulfide) groups is 1. The molecule has 180 valence electrons. The van der Waals surface area contributed by atoms with Crippen molar-refractivity contribution in [3.05, 3.63) is 82.4 Å². The van der Waals surface area contributed by atoms with Crippen LogP contribution in [0.4, 0.5) is 0 Å². The Morgan fingerprint density at radius 1 is 1.12 bits per heavy atom. The van der Waals surface area contributed by atoms with Gasteiger partial charge >= 0.3 is 0 Å². The molecule has 0 atom stereocenters. The van der Waals surface area contributed by atoms with Gasteiger partial charge in [-0.05, 0) is 54.0 Å². The summed E-state index contributed by atoms with van der Waals surface area (Å²) in [7, 11) is 0. The summed E-state index contributed by atoms with van der Waals surface area (Å²) in [6.45, 7) is 22.3. The van der Waals surface area contributed by atoms with Gasteiger partial charge in [-0.15, -0.1) is 15.0 Å². The summed E-state index contributed by atoms with van der Waals surface area (Å²) >= 11 is 1.50. The number of nitrogens with zero attached hydrogens (tertiary/aromatic N) is 3. The third kappa shape index (κ3) is 8.25. The molecule has 5 heteroatoms.